The Morgan fingerprint density at radius 3 is 2.48 bits per heavy atom. The van der Waals surface area contributed by atoms with Gasteiger partial charge in [-0.15, -0.1) is 0 Å². The van der Waals surface area contributed by atoms with E-state index in [4.69, 9.17) is 0 Å². The van der Waals surface area contributed by atoms with Crippen molar-refractivity contribution in [2.24, 2.45) is 0 Å². The van der Waals surface area contributed by atoms with E-state index in [0.29, 0.717) is 11.1 Å². The topological polar surface area (TPSA) is 133 Å². The first-order valence-electron chi connectivity index (χ1n) is 9.72. The summed E-state index contributed by atoms with van der Waals surface area (Å²) >= 11 is 0. The van der Waals surface area contributed by atoms with Gasteiger partial charge in [0.05, 0.1) is 0 Å². The lowest BCUT2D eigenvalue weighted by Crippen LogP contribution is -2.52. The standard InChI is InChI=1S/C22H19N3O6/c26-17-10-9-16(20(28)23-17)25-11-15-13(7-4-8-14(15)21(25)29)19(27)24-18(22(30)31)12-5-2-1-3-6-12/h1-8,16,18H,9-11H2,(H,24,27)(H,30,31)(H,23,26,28)/t16?,18-/m0/s1. The molecule has 3 N–H and O–H groups in total. The number of imide groups is 1. The Kier molecular flexibility index (Phi) is 5.24. The quantitative estimate of drug-likeness (QED) is 0.617. The van der Waals surface area contributed by atoms with Crippen LogP contribution in [0.15, 0.2) is 48.5 Å². The number of carboxylic acid groups (broad SMARTS) is 1. The van der Waals surface area contributed by atoms with Crippen molar-refractivity contribution >= 4 is 29.6 Å². The molecule has 1 fully saturated rings. The number of nitrogens with one attached hydrogen (secondary N) is 2. The minimum Gasteiger partial charge on any atom is -0.479 e. The van der Waals surface area contributed by atoms with Crippen LogP contribution in [-0.2, 0) is 20.9 Å². The predicted molar refractivity (Wildman–Crippen MR) is 107 cm³/mol. The number of piperidine rings is 1. The largest absolute Gasteiger partial charge is 0.479 e. The van der Waals surface area contributed by atoms with Crippen LogP contribution in [0.1, 0.15) is 50.7 Å². The minimum atomic E-state index is -1.26. The van der Waals surface area contributed by atoms with Crippen LogP contribution >= 0.6 is 0 Å². The van der Waals surface area contributed by atoms with E-state index in [2.05, 4.69) is 10.6 Å². The number of aliphatic carboxylic acids is 1. The monoisotopic (exact) mass is 421 g/mol. The zero-order chi connectivity index (χ0) is 22.1. The summed E-state index contributed by atoms with van der Waals surface area (Å²) in [5.74, 6) is -3.18. The Labute approximate surface area is 177 Å². The molecule has 1 unspecified atom stereocenters. The molecule has 2 aromatic carbocycles. The van der Waals surface area contributed by atoms with Gasteiger partial charge in [0.15, 0.2) is 6.04 Å². The Bertz CT molecular complexity index is 1100. The Hall–Kier alpha value is -4.01. The van der Waals surface area contributed by atoms with Gasteiger partial charge >= 0.3 is 5.97 Å². The molecule has 0 aromatic heterocycles. The molecule has 2 aromatic rings. The molecule has 9 heteroatoms. The van der Waals surface area contributed by atoms with Gasteiger partial charge in [-0.05, 0) is 29.7 Å². The van der Waals surface area contributed by atoms with Crippen molar-refractivity contribution in [1.29, 1.82) is 0 Å². The van der Waals surface area contributed by atoms with Gasteiger partial charge in [-0.25, -0.2) is 4.79 Å². The van der Waals surface area contributed by atoms with E-state index in [9.17, 15) is 29.1 Å². The van der Waals surface area contributed by atoms with Crippen molar-refractivity contribution in [2.45, 2.75) is 31.5 Å². The van der Waals surface area contributed by atoms with Gasteiger partial charge in [0.25, 0.3) is 11.8 Å². The molecule has 4 amide bonds. The zero-order valence-corrected chi connectivity index (χ0v) is 16.3. The van der Waals surface area contributed by atoms with Crippen molar-refractivity contribution in [1.82, 2.24) is 15.5 Å². The lowest BCUT2D eigenvalue weighted by atomic mass is 10.0. The zero-order valence-electron chi connectivity index (χ0n) is 16.3. The van der Waals surface area contributed by atoms with Crippen LogP contribution in [0.25, 0.3) is 0 Å². The molecule has 158 valence electrons. The summed E-state index contributed by atoms with van der Waals surface area (Å²) < 4.78 is 0. The molecule has 2 aliphatic rings. The van der Waals surface area contributed by atoms with Gasteiger partial charge in [0, 0.05) is 24.1 Å². The highest BCUT2D eigenvalue weighted by molar-refractivity contribution is 6.08. The highest BCUT2D eigenvalue weighted by Crippen LogP contribution is 2.30. The normalized spacial score (nSPS) is 18.9. The molecule has 2 aliphatic heterocycles. The van der Waals surface area contributed by atoms with E-state index in [-0.39, 0.29) is 36.4 Å². The minimum absolute atomic E-state index is 0.0209. The van der Waals surface area contributed by atoms with Crippen LogP contribution in [-0.4, -0.2) is 45.6 Å². The van der Waals surface area contributed by atoms with Crippen LogP contribution < -0.4 is 10.6 Å². The van der Waals surface area contributed by atoms with Gasteiger partial charge in [0.1, 0.15) is 6.04 Å². The maximum atomic E-state index is 13.0. The number of nitrogens with zero attached hydrogens (tertiary/aromatic N) is 1. The number of carboxylic acids is 1. The van der Waals surface area contributed by atoms with Crippen LogP contribution in [0, 0.1) is 0 Å². The third-order valence-electron chi connectivity index (χ3n) is 5.48. The van der Waals surface area contributed by atoms with Crippen LogP contribution in [0.5, 0.6) is 0 Å². The summed E-state index contributed by atoms with van der Waals surface area (Å²) in [5.41, 5.74) is 1.29. The summed E-state index contributed by atoms with van der Waals surface area (Å²) in [4.78, 5) is 62.5. The SMILES string of the molecule is O=C1CCC(N2Cc3c(C(=O)N[C@H](C(=O)O)c4ccccc4)cccc3C2=O)C(=O)N1. The summed E-state index contributed by atoms with van der Waals surface area (Å²) in [7, 11) is 0. The number of hydrogen-bond acceptors (Lipinski definition) is 5. The average molecular weight is 421 g/mol. The van der Waals surface area contributed by atoms with E-state index in [1.807, 2.05) is 0 Å². The molecule has 0 saturated carbocycles. The van der Waals surface area contributed by atoms with Gasteiger partial charge < -0.3 is 15.3 Å². The van der Waals surface area contributed by atoms with E-state index < -0.39 is 35.8 Å². The van der Waals surface area contributed by atoms with E-state index >= 15 is 0 Å². The third-order valence-corrected chi connectivity index (χ3v) is 5.48. The lowest BCUT2D eigenvalue weighted by molar-refractivity contribution is -0.139. The molecule has 1 saturated heterocycles. The second kappa shape index (κ2) is 8.02. The van der Waals surface area contributed by atoms with Crippen LogP contribution in [0.2, 0.25) is 0 Å². The Balaban J connectivity index is 1.60. The van der Waals surface area contributed by atoms with Crippen LogP contribution in [0.3, 0.4) is 0 Å². The van der Waals surface area contributed by atoms with Gasteiger partial charge in [0.2, 0.25) is 11.8 Å². The predicted octanol–water partition coefficient (Wildman–Crippen LogP) is 1.00. The number of carbonyl (C=O) groups excluding carboxylic acids is 4. The van der Waals surface area contributed by atoms with Crippen molar-refractivity contribution in [3.05, 3.63) is 70.8 Å². The molecule has 0 radical (unpaired) electrons. The molecular weight excluding hydrogens is 402 g/mol. The highest BCUT2D eigenvalue weighted by atomic mass is 16.4. The fourth-order valence-electron chi connectivity index (χ4n) is 3.94. The second-order valence-corrected chi connectivity index (χ2v) is 7.39. The summed E-state index contributed by atoms with van der Waals surface area (Å²) in [6.45, 7) is 0.0209. The molecule has 0 aliphatic carbocycles. The van der Waals surface area contributed by atoms with Crippen molar-refractivity contribution in [3.8, 4) is 0 Å². The molecule has 0 bridgehead atoms. The molecule has 0 spiro atoms. The smallest absolute Gasteiger partial charge is 0.330 e. The number of amides is 4. The Morgan fingerprint density at radius 2 is 1.81 bits per heavy atom. The Morgan fingerprint density at radius 1 is 1.06 bits per heavy atom. The average Bonchev–Trinajstić information content (AvgIpc) is 3.08. The fourth-order valence-corrected chi connectivity index (χ4v) is 3.94. The first kappa shape index (κ1) is 20.3. The summed E-state index contributed by atoms with van der Waals surface area (Å²) in [6.07, 6.45) is 0.336. The number of carbonyl (C=O) groups is 5. The summed E-state index contributed by atoms with van der Waals surface area (Å²) in [5, 5.41) is 14.3. The van der Waals surface area contributed by atoms with E-state index in [1.165, 1.54) is 17.0 Å². The molecule has 9 nitrogen and oxygen atoms in total. The number of benzene rings is 2. The molecule has 2 heterocycles. The molecular formula is C22H19N3O6. The molecule has 4 rings (SSSR count). The number of fused-ring (bicyclic) bond motifs is 1. The number of rotatable bonds is 5. The highest BCUT2D eigenvalue weighted by Gasteiger charge is 2.40. The van der Waals surface area contributed by atoms with Crippen molar-refractivity contribution < 1.29 is 29.1 Å². The fraction of sp³-hybridized carbons (Fsp3) is 0.227. The number of hydrogen-bond donors (Lipinski definition) is 3. The maximum absolute atomic E-state index is 13.0. The first-order valence-corrected chi connectivity index (χ1v) is 9.72. The van der Waals surface area contributed by atoms with Gasteiger partial charge in [-0.2, -0.15) is 0 Å². The van der Waals surface area contributed by atoms with E-state index in [1.54, 1.807) is 36.4 Å². The second-order valence-electron chi connectivity index (χ2n) is 7.39. The maximum Gasteiger partial charge on any atom is 0.330 e. The van der Waals surface area contributed by atoms with E-state index in [0.717, 1.165) is 0 Å². The van der Waals surface area contributed by atoms with Gasteiger partial charge in [-0.3, -0.25) is 24.5 Å². The molecule has 2 atom stereocenters. The lowest BCUT2D eigenvalue weighted by Gasteiger charge is -2.29. The first-order chi connectivity index (χ1) is 14.9. The molecule has 31 heavy (non-hydrogen) atoms. The van der Waals surface area contributed by atoms with Gasteiger partial charge in [-0.1, -0.05) is 36.4 Å². The van der Waals surface area contributed by atoms with Crippen LogP contribution in [0.4, 0.5) is 0 Å². The third kappa shape index (κ3) is 3.77. The summed E-state index contributed by atoms with van der Waals surface area (Å²) in [6, 6.07) is 10.8. The van der Waals surface area contributed by atoms with Crippen molar-refractivity contribution in [2.75, 3.05) is 0 Å². The van der Waals surface area contributed by atoms with Crippen molar-refractivity contribution in [3.63, 3.8) is 0 Å².